The van der Waals surface area contributed by atoms with E-state index in [0.717, 1.165) is 18.7 Å². The van der Waals surface area contributed by atoms with Crippen LogP contribution in [0.3, 0.4) is 0 Å². The maximum Gasteiger partial charge on any atom is 0.241 e. The first kappa shape index (κ1) is 18.7. The van der Waals surface area contributed by atoms with Gasteiger partial charge in [-0.15, -0.1) is 0 Å². The predicted octanol–water partition coefficient (Wildman–Crippen LogP) is 0.444. The number of nitrogens with zero attached hydrogens (tertiary/aromatic N) is 2. The molecular weight excluding hydrogens is 330 g/mol. The maximum atomic E-state index is 12.5. The lowest BCUT2D eigenvalue weighted by Gasteiger charge is -2.34. The molecule has 0 unspecified atom stereocenters. The van der Waals surface area contributed by atoms with Crippen LogP contribution in [0.5, 0.6) is 5.75 Å². The fraction of sp³-hybridized carbons (Fsp3) is 0.562. The number of ether oxygens (including phenoxy) is 1. The number of carbonyl (C=O) groups excluding carboxylic acids is 1. The van der Waals surface area contributed by atoms with Crippen molar-refractivity contribution in [2.45, 2.75) is 24.8 Å². The smallest absolute Gasteiger partial charge is 0.241 e. The van der Waals surface area contributed by atoms with Crippen LogP contribution in [-0.2, 0) is 14.8 Å². The van der Waals surface area contributed by atoms with Crippen molar-refractivity contribution in [3.05, 3.63) is 23.8 Å². The number of nitrogens with one attached hydrogen (secondary N) is 1. The van der Waals surface area contributed by atoms with Gasteiger partial charge in [0.05, 0.1) is 18.0 Å². The third kappa shape index (κ3) is 4.25. The molecule has 1 atom stereocenters. The van der Waals surface area contributed by atoms with Gasteiger partial charge in [0, 0.05) is 26.2 Å². The van der Waals surface area contributed by atoms with Gasteiger partial charge in [0.15, 0.2) is 0 Å². The minimum Gasteiger partial charge on any atom is -0.496 e. The van der Waals surface area contributed by atoms with Crippen LogP contribution >= 0.6 is 0 Å². The Kier molecular flexibility index (Phi) is 5.84. The number of benzene rings is 1. The second-order valence-electron chi connectivity index (χ2n) is 6.10. The van der Waals surface area contributed by atoms with E-state index in [1.165, 1.54) is 19.2 Å². The lowest BCUT2D eigenvalue weighted by atomic mass is 10.2. The van der Waals surface area contributed by atoms with Crippen LogP contribution in [0.25, 0.3) is 0 Å². The molecule has 24 heavy (non-hydrogen) atoms. The largest absolute Gasteiger partial charge is 0.496 e. The molecule has 7 nitrogen and oxygen atoms in total. The van der Waals surface area contributed by atoms with E-state index in [9.17, 15) is 13.2 Å². The number of methoxy groups -OCH3 is 1. The number of hydrogen-bond donors (Lipinski definition) is 1. The molecule has 1 saturated heterocycles. The van der Waals surface area contributed by atoms with Gasteiger partial charge >= 0.3 is 0 Å². The van der Waals surface area contributed by atoms with Gasteiger partial charge in [0.1, 0.15) is 5.75 Å². The number of piperazine rings is 1. The molecule has 1 aromatic rings. The fourth-order valence-electron chi connectivity index (χ4n) is 2.67. The van der Waals surface area contributed by atoms with Crippen molar-refractivity contribution in [3.8, 4) is 5.75 Å². The highest BCUT2D eigenvalue weighted by molar-refractivity contribution is 7.89. The van der Waals surface area contributed by atoms with E-state index < -0.39 is 16.1 Å². The molecule has 0 aromatic heterocycles. The lowest BCUT2D eigenvalue weighted by molar-refractivity contribution is -0.134. The number of sulfonamides is 1. The molecule has 0 bridgehead atoms. The van der Waals surface area contributed by atoms with Crippen LogP contribution in [0.1, 0.15) is 12.5 Å². The number of aryl methyl sites for hydroxylation is 1. The van der Waals surface area contributed by atoms with Crippen molar-refractivity contribution in [2.24, 2.45) is 0 Å². The summed E-state index contributed by atoms with van der Waals surface area (Å²) in [5, 5.41) is 0. The zero-order valence-electron chi connectivity index (χ0n) is 14.6. The SMILES string of the molecule is COc1ccc(S(=O)(=O)N[C@@H](C)C(=O)N2CCN(C)CC2)cc1C. The van der Waals surface area contributed by atoms with Gasteiger partial charge in [-0.25, -0.2) is 8.42 Å². The van der Waals surface area contributed by atoms with Crippen molar-refractivity contribution in [1.29, 1.82) is 0 Å². The summed E-state index contributed by atoms with van der Waals surface area (Å²) in [6.45, 7) is 6.17. The predicted molar refractivity (Wildman–Crippen MR) is 91.6 cm³/mol. The minimum absolute atomic E-state index is 0.124. The van der Waals surface area contributed by atoms with Crippen molar-refractivity contribution in [2.75, 3.05) is 40.3 Å². The normalized spacial score (nSPS) is 17.6. The standard InChI is InChI=1S/C16H25N3O4S/c1-12-11-14(5-6-15(12)23-4)24(21,22)17-13(2)16(20)19-9-7-18(3)8-10-19/h5-6,11,13,17H,7-10H2,1-4H3/t13-/m0/s1. The van der Waals surface area contributed by atoms with Crippen molar-refractivity contribution in [1.82, 2.24) is 14.5 Å². The Morgan fingerprint density at radius 3 is 2.42 bits per heavy atom. The minimum atomic E-state index is -3.76. The van der Waals surface area contributed by atoms with Crippen LogP contribution in [0.4, 0.5) is 0 Å². The first-order valence-electron chi connectivity index (χ1n) is 7.89. The van der Waals surface area contributed by atoms with E-state index in [1.54, 1.807) is 24.8 Å². The summed E-state index contributed by atoms with van der Waals surface area (Å²) in [7, 11) is -0.232. The van der Waals surface area contributed by atoms with Gasteiger partial charge in [0.2, 0.25) is 15.9 Å². The Morgan fingerprint density at radius 1 is 1.25 bits per heavy atom. The Balaban J connectivity index is 2.08. The summed E-state index contributed by atoms with van der Waals surface area (Å²) in [5.74, 6) is 0.424. The van der Waals surface area contributed by atoms with Crippen molar-refractivity contribution < 1.29 is 17.9 Å². The van der Waals surface area contributed by atoms with Gasteiger partial charge < -0.3 is 14.5 Å². The highest BCUT2D eigenvalue weighted by atomic mass is 32.2. The van der Waals surface area contributed by atoms with E-state index in [-0.39, 0.29) is 10.8 Å². The summed E-state index contributed by atoms with van der Waals surface area (Å²) < 4.78 is 32.6. The molecule has 1 heterocycles. The van der Waals surface area contributed by atoms with Crippen molar-refractivity contribution >= 4 is 15.9 Å². The zero-order chi connectivity index (χ0) is 17.9. The maximum absolute atomic E-state index is 12.5. The van der Waals surface area contributed by atoms with E-state index >= 15 is 0 Å². The van der Waals surface area contributed by atoms with Gasteiger partial charge in [0.25, 0.3) is 0 Å². The fourth-order valence-corrected chi connectivity index (χ4v) is 3.95. The number of hydrogen-bond acceptors (Lipinski definition) is 5. The van der Waals surface area contributed by atoms with Gasteiger partial charge in [-0.2, -0.15) is 4.72 Å². The number of carbonyl (C=O) groups is 1. The number of amides is 1. The summed E-state index contributed by atoms with van der Waals surface area (Å²) in [5.41, 5.74) is 0.721. The third-order valence-electron chi connectivity index (χ3n) is 4.19. The highest BCUT2D eigenvalue weighted by Crippen LogP contribution is 2.21. The molecule has 1 aliphatic rings. The Hall–Kier alpha value is -1.64. The number of likely N-dealkylation sites (N-methyl/N-ethyl adjacent to an activating group) is 1. The molecule has 1 aromatic carbocycles. The average Bonchev–Trinajstić information content (AvgIpc) is 2.54. The Bertz CT molecular complexity index is 697. The average molecular weight is 355 g/mol. The third-order valence-corrected chi connectivity index (χ3v) is 5.73. The van der Waals surface area contributed by atoms with Gasteiger partial charge in [-0.1, -0.05) is 0 Å². The highest BCUT2D eigenvalue weighted by Gasteiger charge is 2.27. The molecule has 2 rings (SSSR count). The molecule has 134 valence electrons. The first-order chi connectivity index (χ1) is 11.2. The summed E-state index contributed by atoms with van der Waals surface area (Å²) in [4.78, 5) is 16.4. The van der Waals surface area contributed by atoms with Crippen molar-refractivity contribution in [3.63, 3.8) is 0 Å². The van der Waals surface area contributed by atoms with Crippen LogP contribution in [0.15, 0.2) is 23.1 Å². The quantitative estimate of drug-likeness (QED) is 0.829. The molecule has 0 saturated carbocycles. The van der Waals surface area contributed by atoms with E-state index in [4.69, 9.17) is 4.74 Å². The number of rotatable bonds is 5. The molecule has 0 aliphatic carbocycles. The molecule has 1 N–H and O–H groups in total. The van der Waals surface area contributed by atoms with E-state index in [0.29, 0.717) is 18.8 Å². The monoisotopic (exact) mass is 355 g/mol. The topological polar surface area (TPSA) is 78.9 Å². The van der Waals surface area contributed by atoms with Crippen LogP contribution in [0.2, 0.25) is 0 Å². The van der Waals surface area contributed by atoms with Crippen LogP contribution in [0, 0.1) is 6.92 Å². The first-order valence-corrected chi connectivity index (χ1v) is 9.37. The zero-order valence-corrected chi connectivity index (χ0v) is 15.4. The van der Waals surface area contributed by atoms with Crippen LogP contribution < -0.4 is 9.46 Å². The summed E-state index contributed by atoms with van der Waals surface area (Å²) in [6, 6.07) is 3.81. The lowest BCUT2D eigenvalue weighted by Crippen LogP contribution is -2.53. The van der Waals surface area contributed by atoms with E-state index in [1.807, 2.05) is 7.05 Å². The molecule has 0 spiro atoms. The molecule has 1 aliphatic heterocycles. The van der Waals surface area contributed by atoms with Gasteiger partial charge in [-0.3, -0.25) is 4.79 Å². The summed E-state index contributed by atoms with van der Waals surface area (Å²) >= 11 is 0. The summed E-state index contributed by atoms with van der Waals surface area (Å²) in [6.07, 6.45) is 0. The van der Waals surface area contributed by atoms with E-state index in [2.05, 4.69) is 9.62 Å². The molecule has 1 fully saturated rings. The molecular formula is C16H25N3O4S. The molecule has 8 heteroatoms. The second-order valence-corrected chi connectivity index (χ2v) is 7.82. The Morgan fingerprint density at radius 2 is 1.88 bits per heavy atom. The second kappa shape index (κ2) is 7.50. The van der Waals surface area contributed by atoms with Gasteiger partial charge in [-0.05, 0) is 44.7 Å². The Labute approximate surface area is 143 Å². The van der Waals surface area contributed by atoms with Crippen LogP contribution in [-0.4, -0.2) is 70.5 Å². The molecule has 1 amide bonds. The molecule has 0 radical (unpaired) electrons.